The fourth-order valence-corrected chi connectivity index (χ4v) is 1.53. The van der Waals surface area contributed by atoms with Gasteiger partial charge in [0.2, 0.25) is 0 Å². The molecule has 0 aliphatic heterocycles. The number of carboxylic acid groups (broad SMARTS) is 1. The Bertz CT molecular complexity index is 437. The highest BCUT2D eigenvalue weighted by Gasteiger charge is 2.08. The van der Waals surface area contributed by atoms with Crippen LogP contribution in [0.3, 0.4) is 0 Å². The molecule has 1 aromatic rings. The van der Waals surface area contributed by atoms with Crippen LogP contribution in [0.1, 0.15) is 5.56 Å². The number of carbonyl (C=O) groups is 1. The van der Waals surface area contributed by atoms with Gasteiger partial charge in [-0.3, -0.25) is 9.69 Å². The smallest absolute Gasteiger partial charge is 0.317 e. The Hall–Kier alpha value is -1.99. The summed E-state index contributed by atoms with van der Waals surface area (Å²) < 4.78 is 5.54. The molecule has 0 spiro atoms. The van der Waals surface area contributed by atoms with E-state index in [-0.39, 0.29) is 6.54 Å². The summed E-state index contributed by atoms with van der Waals surface area (Å²) in [5.74, 6) is 2.33. The van der Waals surface area contributed by atoms with Crippen molar-refractivity contribution in [3.05, 3.63) is 29.8 Å². The van der Waals surface area contributed by atoms with E-state index >= 15 is 0 Å². The van der Waals surface area contributed by atoms with Crippen molar-refractivity contribution in [3.63, 3.8) is 0 Å². The fourth-order valence-electron chi connectivity index (χ4n) is 1.53. The molecule has 0 aromatic heterocycles. The monoisotopic (exact) mass is 247 g/mol. The van der Waals surface area contributed by atoms with Gasteiger partial charge in [0.15, 0.2) is 0 Å². The summed E-state index contributed by atoms with van der Waals surface area (Å²) in [6.07, 6.45) is 5.18. The summed E-state index contributed by atoms with van der Waals surface area (Å²) in [5, 5.41) is 8.71. The van der Waals surface area contributed by atoms with Crippen molar-refractivity contribution in [1.82, 2.24) is 4.90 Å². The average Bonchev–Trinajstić information content (AvgIpc) is 2.28. The van der Waals surface area contributed by atoms with Gasteiger partial charge in [0.25, 0.3) is 0 Å². The minimum absolute atomic E-state index is 0.0681. The van der Waals surface area contributed by atoms with Crippen molar-refractivity contribution in [2.75, 3.05) is 26.2 Å². The molecular formula is C14H17NO3. The highest BCUT2D eigenvalue weighted by Crippen LogP contribution is 2.11. The van der Waals surface area contributed by atoms with Gasteiger partial charge in [-0.15, -0.1) is 6.42 Å². The van der Waals surface area contributed by atoms with E-state index in [0.717, 1.165) is 11.3 Å². The van der Waals surface area contributed by atoms with Gasteiger partial charge in [-0.1, -0.05) is 18.1 Å². The van der Waals surface area contributed by atoms with Crippen molar-refractivity contribution in [1.29, 1.82) is 0 Å². The normalized spacial score (nSPS) is 10.1. The molecule has 0 bridgehead atoms. The Labute approximate surface area is 107 Å². The van der Waals surface area contributed by atoms with E-state index in [9.17, 15) is 4.79 Å². The zero-order chi connectivity index (χ0) is 13.4. The molecule has 1 rings (SSSR count). The van der Waals surface area contributed by atoms with E-state index in [0.29, 0.717) is 19.7 Å². The molecule has 18 heavy (non-hydrogen) atoms. The van der Waals surface area contributed by atoms with Crippen molar-refractivity contribution in [2.45, 2.75) is 6.92 Å². The van der Waals surface area contributed by atoms with E-state index < -0.39 is 5.97 Å². The van der Waals surface area contributed by atoms with Crippen molar-refractivity contribution in [3.8, 4) is 18.1 Å². The number of ether oxygens (including phenoxy) is 1. The first-order valence-corrected chi connectivity index (χ1v) is 5.69. The summed E-state index contributed by atoms with van der Waals surface area (Å²) >= 11 is 0. The molecular weight excluding hydrogens is 230 g/mol. The van der Waals surface area contributed by atoms with E-state index in [1.165, 1.54) is 0 Å². The Morgan fingerprint density at radius 2 is 2.33 bits per heavy atom. The van der Waals surface area contributed by atoms with Crippen LogP contribution in [0.5, 0.6) is 5.75 Å². The van der Waals surface area contributed by atoms with Crippen LogP contribution in [0.25, 0.3) is 0 Å². The molecule has 96 valence electrons. The average molecular weight is 247 g/mol. The molecule has 0 atom stereocenters. The van der Waals surface area contributed by atoms with Crippen LogP contribution in [0, 0.1) is 19.3 Å². The largest absolute Gasteiger partial charge is 0.492 e. The fraction of sp³-hybridized carbons (Fsp3) is 0.357. The number of aliphatic carboxylic acids is 1. The van der Waals surface area contributed by atoms with Gasteiger partial charge in [-0.25, -0.2) is 0 Å². The van der Waals surface area contributed by atoms with Gasteiger partial charge in [0.1, 0.15) is 12.4 Å². The zero-order valence-electron chi connectivity index (χ0n) is 10.4. The van der Waals surface area contributed by atoms with E-state index in [4.69, 9.17) is 16.3 Å². The van der Waals surface area contributed by atoms with E-state index in [2.05, 4.69) is 5.92 Å². The van der Waals surface area contributed by atoms with Gasteiger partial charge in [-0.2, -0.15) is 0 Å². The highest BCUT2D eigenvalue weighted by atomic mass is 16.5. The van der Waals surface area contributed by atoms with Crippen LogP contribution in [0.2, 0.25) is 0 Å². The summed E-state index contributed by atoms with van der Waals surface area (Å²) in [5.41, 5.74) is 1.12. The third-order valence-electron chi connectivity index (χ3n) is 2.34. The molecule has 0 fully saturated rings. The molecule has 1 N–H and O–H groups in total. The summed E-state index contributed by atoms with van der Waals surface area (Å²) in [6, 6.07) is 7.71. The number of hydrogen-bond acceptors (Lipinski definition) is 3. The Morgan fingerprint density at radius 3 is 2.94 bits per heavy atom. The van der Waals surface area contributed by atoms with Crippen LogP contribution < -0.4 is 4.74 Å². The standard InChI is InChI=1S/C14H17NO3/c1-3-7-15(11-14(16)17)8-9-18-13-6-4-5-12(2)10-13/h1,4-6,10H,7-9,11H2,2H3,(H,16,17). The molecule has 0 heterocycles. The highest BCUT2D eigenvalue weighted by molar-refractivity contribution is 5.69. The lowest BCUT2D eigenvalue weighted by Crippen LogP contribution is -2.33. The topological polar surface area (TPSA) is 49.8 Å². The minimum atomic E-state index is -0.888. The lowest BCUT2D eigenvalue weighted by Gasteiger charge is -2.17. The Balaban J connectivity index is 2.39. The zero-order valence-corrected chi connectivity index (χ0v) is 10.4. The summed E-state index contributed by atoms with van der Waals surface area (Å²) in [7, 11) is 0. The number of nitrogens with zero attached hydrogens (tertiary/aromatic N) is 1. The second-order valence-corrected chi connectivity index (χ2v) is 3.97. The Kier molecular flexibility index (Phi) is 5.75. The maximum atomic E-state index is 10.6. The van der Waals surface area contributed by atoms with Crippen LogP contribution in [0.15, 0.2) is 24.3 Å². The predicted molar refractivity (Wildman–Crippen MR) is 69.6 cm³/mol. The maximum absolute atomic E-state index is 10.6. The van der Waals surface area contributed by atoms with Gasteiger partial charge < -0.3 is 9.84 Å². The van der Waals surface area contributed by atoms with Gasteiger partial charge in [-0.05, 0) is 24.6 Å². The maximum Gasteiger partial charge on any atom is 0.317 e. The first kappa shape index (κ1) is 14.1. The molecule has 1 aromatic carbocycles. The second-order valence-electron chi connectivity index (χ2n) is 3.97. The van der Waals surface area contributed by atoms with Crippen LogP contribution >= 0.6 is 0 Å². The molecule has 0 amide bonds. The number of aryl methyl sites for hydroxylation is 1. The number of terminal acetylenes is 1. The molecule has 0 radical (unpaired) electrons. The first-order valence-electron chi connectivity index (χ1n) is 5.69. The Morgan fingerprint density at radius 1 is 1.56 bits per heavy atom. The lowest BCUT2D eigenvalue weighted by molar-refractivity contribution is -0.138. The molecule has 4 nitrogen and oxygen atoms in total. The summed E-state index contributed by atoms with van der Waals surface area (Å²) in [4.78, 5) is 12.3. The second kappa shape index (κ2) is 7.36. The van der Waals surface area contributed by atoms with Crippen LogP contribution in [-0.2, 0) is 4.79 Å². The predicted octanol–water partition coefficient (Wildman–Crippen LogP) is 1.39. The third-order valence-corrected chi connectivity index (χ3v) is 2.34. The SMILES string of the molecule is C#CCN(CCOc1cccc(C)c1)CC(=O)O. The molecule has 0 saturated heterocycles. The number of carboxylic acids is 1. The lowest BCUT2D eigenvalue weighted by atomic mass is 10.2. The molecule has 0 unspecified atom stereocenters. The molecule has 0 aliphatic carbocycles. The molecule has 4 heteroatoms. The first-order chi connectivity index (χ1) is 8.61. The van der Waals surface area contributed by atoms with E-state index in [1.807, 2.05) is 31.2 Å². The molecule has 0 saturated carbocycles. The quantitative estimate of drug-likeness (QED) is 0.740. The van der Waals surface area contributed by atoms with Crippen molar-refractivity contribution < 1.29 is 14.6 Å². The van der Waals surface area contributed by atoms with E-state index in [1.54, 1.807) is 4.90 Å². The van der Waals surface area contributed by atoms with Crippen molar-refractivity contribution >= 4 is 5.97 Å². The summed E-state index contributed by atoms with van der Waals surface area (Å²) in [6.45, 7) is 3.13. The molecule has 0 aliphatic rings. The number of hydrogen-bond donors (Lipinski definition) is 1. The third kappa shape index (κ3) is 5.37. The van der Waals surface area contributed by atoms with Gasteiger partial charge >= 0.3 is 5.97 Å². The minimum Gasteiger partial charge on any atom is -0.492 e. The number of rotatable bonds is 7. The van der Waals surface area contributed by atoms with Gasteiger partial charge in [0, 0.05) is 6.54 Å². The van der Waals surface area contributed by atoms with Crippen LogP contribution in [-0.4, -0.2) is 42.2 Å². The van der Waals surface area contributed by atoms with Crippen LogP contribution in [0.4, 0.5) is 0 Å². The number of benzene rings is 1. The van der Waals surface area contributed by atoms with Gasteiger partial charge in [0.05, 0.1) is 13.1 Å². The van der Waals surface area contributed by atoms with Crippen molar-refractivity contribution in [2.24, 2.45) is 0 Å².